The van der Waals surface area contributed by atoms with E-state index in [1.54, 1.807) is 23.6 Å². The zero-order valence-corrected chi connectivity index (χ0v) is 13.4. The first-order valence-electron chi connectivity index (χ1n) is 7.24. The minimum absolute atomic E-state index is 0.0616. The van der Waals surface area contributed by atoms with Gasteiger partial charge in [0.1, 0.15) is 5.92 Å². The third-order valence-electron chi connectivity index (χ3n) is 4.01. The van der Waals surface area contributed by atoms with Crippen LogP contribution in [-0.2, 0) is 0 Å². The van der Waals surface area contributed by atoms with Crippen molar-refractivity contribution in [1.82, 2.24) is 10.6 Å². The first-order chi connectivity index (χ1) is 11.7. The number of aliphatic hydroxyl groups is 1. The first kappa shape index (κ1) is 17.4. The second kappa shape index (κ2) is 6.16. The van der Waals surface area contributed by atoms with Gasteiger partial charge in [-0.1, -0.05) is 36.4 Å². The van der Waals surface area contributed by atoms with E-state index in [1.165, 1.54) is 29.6 Å². The number of hydrogen-bond acceptors (Lipinski definition) is 4. The van der Waals surface area contributed by atoms with Crippen molar-refractivity contribution in [3.05, 3.63) is 58.3 Å². The van der Waals surface area contributed by atoms with Crippen molar-refractivity contribution in [3.63, 3.8) is 0 Å². The minimum atomic E-state index is -5.24. The van der Waals surface area contributed by atoms with E-state index in [-0.39, 0.29) is 10.4 Å². The Morgan fingerprint density at radius 1 is 1.16 bits per heavy atom. The molecule has 1 aromatic heterocycles. The lowest BCUT2D eigenvalue weighted by Gasteiger charge is -2.44. The standard InChI is InChI=1S/C16H13F3N2O3S/c17-16(18,19)15(24)11(13(22)10-7-4-8-25-10)12(20-14(23)21-15)9-5-2-1-3-6-9/h1-8,11-12,24H,(H2,20,21,23)/t11-,12-,15+/m1/s1. The van der Waals surface area contributed by atoms with E-state index in [4.69, 9.17) is 0 Å². The lowest BCUT2D eigenvalue weighted by Crippen LogP contribution is -2.72. The van der Waals surface area contributed by atoms with Gasteiger partial charge in [0.25, 0.3) is 0 Å². The molecule has 5 nitrogen and oxygen atoms in total. The Bertz CT molecular complexity index is 780. The van der Waals surface area contributed by atoms with Crippen molar-refractivity contribution in [2.24, 2.45) is 5.92 Å². The van der Waals surface area contributed by atoms with Crippen LogP contribution in [0.25, 0.3) is 0 Å². The molecule has 0 bridgehead atoms. The molecule has 2 aromatic rings. The molecule has 1 fully saturated rings. The van der Waals surface area contributed by atoms with Crippen LogP contribution < -0.4 is 10.6 Å². The van der Waals surface area contributed by atoms with Crippen LogP contribution in [0.15, 0.2) is 47.8 Å². The topological polar surface area (TPSA) is 78.4 Å². The third-order valence-corrected chi connectivity index (χ3v) is 4.90. The third kappa shape index (κ3) is 3.00. The summed E-state index contributed by atoms with van der Waals surface area (Å²) in [5.74, 6) is -2.89. The summed E-state index contributed by atoms with van der Waals surface area (Å²) < 4.78 is 40.8. The fourth-order valence-electron chi connectivity index (χ4n) is 2.85. The van der Waals surface area contributed by atoms with E-state index in [2.05, 4.69) is 5.32 Å². The number of carbonyl (C=O) groups excluding carboxylic acids is 2. The number of halogens is 3. The van der Waals surface area contributed by atoms with E-state index >= 15 is 0 Å². The highest BCUT2D eigenvalue weighted by Crippen LogP contribution is 2.44. The van der Waals surface area contributed by atoms with Crippen LogP contribution in [0.4, 0.5) is 18.0 Å². The second-order valence-corrected chi connectivity index (χ2v) is 6.52. The van der Waals surface area contributed by atoms with Crippen LogP contribution in [0.2, 0.25) is 0 Å². The van der Waals surface area contributed by atoms with Gasteiger partial charge in [0.15, 0.2) is 5.78 Å². The highest BCUT2D eigenvalue weighted by atomic mass is 32.1. The van der Waals surface area contributed by atoms with E-state index < -0.39 is 35.7 Å². The molecular weight excluding hydrogens is 357 g/mol. The van der Waals surface area contributed by atoms with Crippen LogP contribution in [0.3, 0.4) is 0 Å². The quantitative estimate of drug-likeness (QED) is 0.727. The fraction of sp³-hybridized carbons (Fsp3) is 0.250. The van der Waals surface area contributed by atoms with Crippen LogP contribution in [-0.4, -0.2) is 28.8 Å². The largest absolute Gasteiger partial charge is 0.437 e. The molecule has 1 aliphatic rings. The molecular formula is C16H13F3N2O3S. The van der Waals surface area contributed by atoms with E-state index in [1.807, 2.05) is 0 Å². The van der Waals surface area contributed by atoms with Crippen LogP contribution in [0, 0.1) is 5.92 Å². The van der Waals surface area contributed by atoms with Gasteiger partial charge < -0.3 is 15.7 Å². The van der Waals surface area contributed by atoms with Crippen molar-refractivity contribution in [3.8, 4) is 0 Å². The molecule has 3 atom stereocenters. The molecule has 2 amide bonds. The van der Waals surface area contributed by atoms with Crippen LogP contribution in [0.5, 0.6) is 0 Å². The Hall–Kier alpha value is -2.39. The van der Waals surface area contributed by atoms with Gasteiger partial charge in [-0.05, 0) is 17.0 Å². The smallest absolute Gasteiger partial charge is 0.363 e. The van der Waals surface area contributed by atoms with Gasteiger partial charge in [0, 0.05) is 0 Å². The van der Waals surface area contributed by atoms with Crippen molar-refractivity contribution >= 4 is 23.2 Å². The number of carbonyl (C=O) groups is 2. The summed E-state index contributed by atoms with van der Waals surface area (Å²) in [5, 5.41) is 15.7. The second-order valence-electron chi connectivity index (χ2n) is 5.57. The van der Waals surface area contributed by atoms with Crippen molar-refractivity contribution in [1.29, 1.82) is 0 Å². The number of benzene rings is 1. The number of nitrogens with one attached hydrogen (secondary N) is 2. The van der Waals surface area contributed by atoms with Gasteiger partial charge in [-0.3, -0.25) is 4.79 Å². The van der Waals surface area contributed by atoms with Gasteiger partial charge in [0.2, 0.25) is 5.72 Å². The van der Waals surface area contributed by atoms with Crippen molar-refractivity contribution in [2.75, 3.05) is 0 Å². The zero-order chi connectivity index (χ0) is 18.2. The van der Waals surface area contributed by atoms with Crippen molar-refractivity contribution < 1.29 is 27.9 Å². The predicted octanol–water partition coefficient (Wildman–Crippen LogP) is 2.85. The van der Waals surface area contributed by atoms with Crippen molar-refractivity contribution in [2.45, 2.75) is 17.9 Å². The molecule has 1 saturated heterocycles. The lowest BCUT2D eigenvalue weighted by atomic mass is 9.78. The Morgan fingerprint density at radius 3 is 2.40 bits per heavy atom. The Morgan fingerprint density at radius 2 is 1.84 bits per heavy atom. The minimum Gasteiger partial charge on any atom is -0.363 e. The fourth-order valence-corrected chi connectivity index (χ4v) is 3.55. The highest BCUT2D eigenvalue weighted by molar-refractivity contribution is 7.12. The van der Waals surface area contributed by atoms with Gasteiger partial charge in [-0.2, -0.15) is 13.2 Å². The Balaban J connectivity index is 2.15. The van der Waals surface area contributed by atoms with Gasteiger partial charge in [0.05, 0.1) is 10.9 Å². The van der Waals surface area contributed by atoms with E-state index in [0.29, 0.717) is 0 Å². The molecule has 0 spiro atoms. The monoisotopic (exact) mass is 370 g/mol. The maximum Gasteiger partial charge on any atom is 0.437 e. The summed E-state index contributed by atoms with van der Waals surface area (Å²) in [5.41, 5.74) is -3.40. The number of ketones is 1. The molecule has 9 heteroatoms. The predicted molar refractivity (Wildman–Crippen MR) is 84.0 cm³/mol. The molecule has 1 aromatic carbocycles. The van der Waals surface area contributed by atoms with Gasteiger partial charge in [-0.15, -0.1) is 11.3 Å². The summed E-state index contributed by atoms with van der Waals surface area (Å²) in [6, 6.07) is 8.13. The highest BCUT2D eigenvalue weighted by Gasteiger charge is 2.66. The molecule has 132 valence electrons. The molecule has 3 N–H and O–H groups in total. The zero-order valence-electron chi connectivity index (χ0n) is 12.6. The molecule has 0 aliphatic carbocycles. The molecule has 0 unspecified atom stereocenters. The number of hydrogen-bond donors (Lipinski definition) is 3. The number of Topliss-reactive ketones (excluding diaryl/α,β-unsaturated/α-hetero) is 1. The summed E-state index contributed by atoms with van der Waals surface area (Å²) in [7, 11) is 0. The number of urea groups is 1. The molecule has 3 rings (SSSR count). The number of amides is 2. The summed E-state index contributed by atoms with van der Waals surface area (Å²) in [4.78, 5) is 24.6. The maximum atomic E-state index is 13.6. The van der Waals surface area contributed by atoms with Gasteiger partial charge in [-0.25, -0.2) is 4.79 Å². The maximum absolute atomic E-state index is 13.6. The number of rotatable bonds is 3. The molecule has 1 aliphatic heterocycles. The van der Waals surface area contributed by atoms with E-state index in [0.717, 1.165) is 11.3 Å². The average Bonchev–Trinajstić information content (AvgIpc) is 3.08. The number of alkyl halides is 3. The molecule has 25 heavy (non-hydrogen) atoms. The molecule has 0 saturated carbocycles. The lowest BCUT2D eigenvalue weighted by molar-refractivity contribution is -0.287. The summed E-state index contributed by atoms with van der Waals surface area (Å²) in [6.45, 7) is 0. The van der Waals surface area contributed by atoms with Crippen LogP contribution >= 0.6 is 11.3 Å². The molecule has 0 radical (unpaired) electrons. The van der Waals surface area contributed by atoms with Crippen LogP contribution in [0.1, 0.15) is 21.3 Å². The summed E-state index contributed by atoms with van der Waals surface area (Å²) >= 11 is 0.966. The Kier molecular flexibility index (Phi) is 4.29. The SMILES string of the molecule is O=C1N[C@H](c2ccccc2)[C@H](C(=O)c2cccs2)[C@](O)(C(F)(F)F)N1. The normalized spacial score (nSPS) is 26.6. The first-order valence-corrected chi connectivity index (χ1v) is 8.12. The molecule has 2 heterocycles. The average molecular weight is 370 g/mol. The number of thiophene rings is 1. The van der Waals surface area contributed by atoms with Gasteiger partial charge >= 0.3 is 12.2 Å². The summed E-state index contributed by atoms with van der Waals surface area (Å²) in [6.07, 6.45) is -5.24. The van der Waals surface area contributed by atoms with E-state index in [9.17, 15) is 27.9 Å². The Labute approximate surface area is 144 Å².